The summed E-state index contributed by atoms with van der Waals surface area (Å²) in [5, 5.41) is 2.44. The maximum atomic E-state index is 11.7. The molecular weight excluding hydrogens is 400 g/mol. The van der Waals surface area contributed by atoms with E-state index in [1.165, 1.54) is 0 Å². The number of furan rings is 1. The zero-order valence-corrected chi connectivity index (χ0v) is 14.0. The summed E-state index contributed by atoms with van der Waals surface area (Å²) in [5.74, 6) is 0.0139. The molecule has 3 nitrogen and oxygen atoms in total. The first-order valence-corrected chi connectivity index (χ1v) is 8.53. The second-order valence-corrected chi connectivity index (χ2v) is 5.76. The minimum atomic E-state index is 0.00696. The Kier molecular flexibility index (Phi) is 3.95. The maximum Gasteiger partial charge on any atom is 0.173 e. The molecule has 0 aliphatic carbocycles. The molecule has 0 fully saturated rings. The molecule has 1 aromatic heterocycles. The molecule has 0 amide bonds. The summed E-state index contributed by atoms with van der Waals surface area (Å²) >= 11 is 6.32. The summed E-state index contributed by atoms with van der Waals surface area (Å²) in [5.41, 5.74) is 2.52. The number of alkyl halides is 2. The smallest absolute Gasteiger partial charge is 0.173 e. The summed E-state index contributed by atoms with van der Waals surface area (Å²) in [4.78, 5) is 23.4. The molecule has 0 N–H and O–H groups in total. The van der Waals surface area contributed by atoms with Crippen LogP contribution in [0.4, 0.5) is 0 Å². The summed E-state index contributed by atoms with van der Waals surface area (Å²) in [6.45, 7) is 0. The number of hydrogen-bond acceptors (Lipinski definition) is 3. The van der Waals surface area contributed by atoms with Gasteiger partial charge in [-0.2, -0.15) is 0 Å². The van der Waals surface area contributed by atoms with Crippen LogP contribution >= 0.6 is 31.9 Å². The second kappa shape index (κ2) is 5.73. The van der Waals surface area contributed by atoms with Gasteiger partial charge in [0.15, 0.2) is 11.6 Å². The molecule has 0 spiro atoms. The van der Waals surface area contributed by atoms with Crippen molar-refractivity contribution in [1.82, 2.24) is 0 Å². The number of fused-ring (bicyclic) bond motifs is 3. The third-order valence-electron chi connectivity index (χ3n) is 3.36. The first-order chi connectivity index (χ1) is 10.1. The van der Waals surface area contributed by atoms with Crippen LogP contribution in [0, 0.1) is 0 Å². The third-order valence-corrected chi connectivity index (χ3v) is 4.38. The zero-order chi connectivity index (χ0) is 15.0. The van der Waals surface area contributed by atoms with Crippen molar-refractivity contribution in [3.05, 3.63) is 47.5 Å². The molecule has 2 aromatic carbocycles. The fourth-order valence-electron chi connectivity index (χ4n) is 2.28. The predicted molar refractivity (Wildman–Crippen MR) is 90.0 cm³/mol. The molecule has 0 aliphatic rings. The van der Waals surface area contributed by atoms with Crippen LogP contribution in [0.2, 0.25) is 0 Å². The predicted octanol–water partition coefficient (Wildman–Crippen LogP) is 4.74. The number of benzene rings is 2. The van der Waals surface area contributed by atoms with Crippen LogP contribution < -0.4 is 0 Å². The van der Waals surface area contributed by atoms with E-state index in [9.17, 15) is 9.59 Å². The second-order valence-electron chi connectivity index (χ2n) is 4.64. The Labute approximate surface area is 137 Å². The number of halogens is 2. The van der Waals surface area contributed by atoms with E-state index in [2.05, 4.69) is 31.9 Å². The van der Waals surface area contributed by atoms with E-state index in [4.69, 9.17) is 4.42 Å². The van der Waals surface area contributed by atoms with Crippen LogP contribution in [0.1, 0.15) is 20.7 Å². The first-order valence-electron chi connectivity index (χ1n) is 6.28. The minimum Gasteiger partial charge on any atom is -0.456 e. The molecule has 0 aliphatic heterocycles. The van der Waals surface area contributed by atoms with Gasteiger partial charge in [-0.25, -0.2) is 0 Å². The van der Waals surface area contributed by atoms with Gasteiger partial charge >= 0.3 is 0 Å². The Bertz CT molecular complexity index is 794. The highest BCUT2D eigenvalue weighted by Crippen LogP contribution is 2.30. The van der Waals surface area contributed by atoms with Gasteiger partial charge in [0.05, 0.1) is 10.7 Å². The summed E-state index contributed by atoms with van der Waals surface area (Å²) in [6, 6.07) is 10.8. The van der Waals surface area contributed by atoms with Crippen LogP contribution in [-0.4, -0.2) is 22.2 Å². The fraction of sp³-hybridized carbons (Fsp3) is 0.125. The number of ketones is 2. The van der Waals surface area contributed by atoms with Crippen molar-refractivity contribution in [3.63, 3.8) is 0 Å². The average Bonchev–Trinajstić information content (AvgIpc) is 2.89. The molecule has 106 valence electrons. The lowest BCUT2D eigenvalue weighted by atomic mass is 10.1. The Balaban J connectivity index is 2.19. The maximum absolute atomic E-state index is 11.7. The molecule has 0 bridgehead atoms. The Morgan fingerprint density at radius 2 is 1.24 bits per heavy atom. The van der Waals surface area contributed by atoms with Gasteiger partial charge in [-0.05, 0) is 24.3 Å². The van der Waals surface area contributed by atoms with Crippen LogP contribution in [0.15, 0.2) is 40.8 Å². The van der Waals surface area contributed by atoms with Gasteiger partial charge in [-0.3, -0.25) is 9.59 Å². The lowest BCUT2D eigenvalue weighted by Gasteiger charge is -1.97. The number of Topliss-reactive ketones (excluding diaryl/α,β-unsaturated/α-hetero) is 2. The molecule has 0 unspecified atom stereocenters. The molecule has 0 atom stereocenters. The van der Waals surface area contributed by atoms with Gasteiger partial charge in [-0.1, -0.05) is 44.0 Å². The average molecular weight is 410 g/mol. The number of carbonyl (C=O) groups excluding carboxylic acids is 2. The molecule has 3 aromatic rings. The number of rotatable bonds is 4. The van der Waals surface area contributed by atoms with E-state index >= 15 is 0 Å². The van der Waals surface area contributed by atoms with Crippen LogP contribution in [0.3, 0.4) is 0 Å². The quantitative estimate of drug-likeness (QED) is 0.461. The minimum absolute atomic E-state index is 0.00696. The van der Waals surface area contributed by atoms with Crippen LogP contribution in [0.25, 0.3) is 21.9 Å². The van der Waals surface area contributed by atoms with Crippen LogP contribution in [-0.2, 0) is 0 Å². The number of hydrogen-bond donors (Lipinski definition) is 0. The SMILES string of the molecule is O=C(CBr)c1ccc2c(c1)oc1cc(C(=O)CBr)ccc12. The Hall–Kier alpha value is -1.46. The Morgan fingerprint density at radius 1 is 0.810 bits per heavy atom. The molecule has 0 radical (unpaired) electrons. The van der Waals surface area contributed by atoms with Crippen molar-refractivity contribution >= 4 is 65.4 Å². The Morgan fingerprint density at radius 3 is 1.62 bits per heavy atom. The van der Waals surface area contributed by atoms with E-state index in [-0.39, 0.29) is 22.2 Å². The fourth-order valence-corrected chi connectivity index (χ4v) is 2.93. The van der Waals surface area contributed by atoms with Crippen molar-refractivity contribution < 1.29 is 14.0 Å². The van der Waals surface area contributed by atoms with Crippen molar-refractivity contribution in [1.29, 1.82) is 0 Å². The summed E-state index contributed by atoms with van der Waals surface area (Å²) < 4.78 is 5.79. The molecule has 0 saturated heterocycles. The third kappa shape index (κ3) is 2.56. The molecular formula is C16H10Br2O3. The van der Waals surface area contributed by atoms with Gasteiger partial charge < -0.3 is 4.42 Å². The highest BCUT2D eigenvalue weighted by Gasteiger charge is 2.12. The highest BCUT2D eigenvalue weighted by atomic mass is 79.9. The van der Waals surface area contributed by atoms with Gasteiger partial charge in [0.2, 0.25) is 0 Å². The van der Waals surface area contributed by atoms with Crippen molar-refractivity contribution in [2.24, 2.45) is 0 Å². The topological polar surface area (TPSA) is 47.3 Å². The normalized spacial score (nSPS) is 11.1. The van der Waals surface area contributed by atoms with Crippen molar-refractivity contribution in [2.45, 2.75) is 0 Å². The van der Waals surface area contributed by atoms with E-state index in [0.717, 1.165) is 10.8 Å². The van der Waals surface area contributed by atoms with Crippen molar-refractivity contribution in [2.75, 3.05) is 10.7 Å². The van der Waals surface area contributed by atoms with Gasteiger partial charge in [0.1, 0.15) is 11.2 Å². The summed E-state index contributed by atoms with van der Waals surface area (Å²) in [6.07, 6.45) is 0. The van der Waals surface area contributed by atoms with E-state index in [1.54, 1.807) is 24.3 Å². The van der Waals surface area contributed by atoms with Gasteiger partial charge in [-0.15, -0.1) is 0 Å². The standard InChI is InChI=1S/C16H10Br2O3/c17-7-13(19)9-1-3-11-12-4-2-10(14(20)8-18)6-16(12)21-15(11)5-9/h1-6H,7-8H2. The lowest BCUT2D eigenvalue weighted by Crippen LogP contribution is -1.98. The van der Waals surface area contributed by atoms with Gasteiger partial charge in [0.25, 0.3) is 0 Å². The van der Waals surface area contributed by atoms with Crippen LogP contribution in [0.5, 0.6) is 0 Å². The van der Waals surface area contributed by atoms with Gasteiger partial charge in [0, 0.05) is 21.9 Å². The van der Waals surface area contributed by atoms with E-state index in [1.807, 2.05) is 12.1 Å². The molecule has 3 rings (SSSR count). The molecule has 5 heteroatoms. The van der Waals surface area contributed by atoms with Crippen molar-refractivity contribution in [3.8, 4) is 0 Å². The number of carbonyl (C=O) groups is 2. The highest BCUT2D eigenvalue weighted by molar-refractivity contribution is 9.09. The molecule has 1 heterocycles. The zero-order valence-electron chi connectivity index (χ0n) is 10.9. The monoisotopic (exact) mass is 408 g/mol. The summed E-state index contributed by atoms with van der Waals surface area (Å²) in [7, 11) is 0. The molecule has 0 saturated carbocycles. The van der Waals surface area contributed by atoms with E-state index in [0.29, 0.717) is 22.3 Å². The largest absolute Gasteiger partial charge is 0.456 e. The first kappa shape index (κ1) is 14.5. The van der Waals surface area contributed by atoms with E-state index < -0.39 is 0 Å². The molecule has 21 heavy (non-hydrogen) atoms. The lowest BCUT2D eigenvalue weighted by molar-refractivity contribution is 0.101.